The van der Waals surface area contributed by atoms with Gasteiger partial charge in [0.15, 0.2) is 0 Å². The number of Topliss-reactive ketones (excluding diaryl/α,β-unsaturated/α-hetero) is 1. The van der Waals surface area contributed by atoms with Crippen molar-refractivity contribution in [1.29, 1.82) is 0 Å². The fraction of sp³-hybridized carbons (Fsp3) is 0.188. The van der Waals surface area contributed by atoms with Crippen LogP contribution < -0.4 is 4.90 Å². The molecule has 1 aliphatic rings. The van der Waals surface area contributed by atoms with Crippen LogP contribution in [0.5, 0.6) is 0 Å². The lowest BCUT2D eigenvalue weighted by atomic mass is 10.1. The molecule has 1 aliphatic heterocycles. The normalized spacial score (nSPS) is 13.7. The monoisotopic (exact) mass is 284 g/mol. The molecule has 1 amide bonds. The number of pyridine rings is 1. The first-order valence-corrected chi connectivity index (χ1v) is 6.64. The highest BCUT2D eigenvalue weighted by Gasteiger charge is 2.37. The smallest absolute Gasteiger partial charge is 0.299 e. The second-order valence-corrected chi connectivity index (χ2v) is 5.00. The van der Waals surface area contributed by atoms with Gasteiger partial charge < -0.3 is 4.90 Å². The maximum Gasteiger partial charge on any atom is 0.299 e. The maximum absolute atomic E-state index is 14.1. The zero-order valence-corrected chi connectivity index (χ0v) is 11.5. The van der Waals surface area contributed by atoms with Crippen LogP contribution in [0.2, 0.25) is 0 Å². The van der Waals surface area contributed by atoms with Crippen LogP contribution in [-0.2, 0) is 11.2 Å². The van der Waals surface area contributed by atoms with Crippen molar-refractivity contribution < 1.29 is 14.0 Å². The highest BCUT2D eigenvalue weighted by atomic mass is 19.1. The Hall–Kier alpha value is -2.56. The van der Waals surface area contributed by atoms with Crippen LogP contribution in [0.3, 0.4) is 0 Å². The SMILES string of the molecule is Cc1cc(F)c2c(c1)C(=O)C(=O)N2CCc1ccccn1. The first kappa shape index (κ1) is 13.4. The van der Waals surface area contributed by atoms with E-state index < -0.39 is 17.5 Å². The fourth-order valence-electron chi connectivity index (χ4n) is 2.51. The third-order valence-corrected chi connectivity index (χ3v) is 3.48. The van der Waals surface area contributed by atoms with Crippen molar-refractivity contribution >= 4 is 17.4 Å². The summed E-state index contributed by atoms with van der Waals surface area (Å²) in [5.74, 6) is -1.86. The molecule has 4 nitrogen and oxygen atoms in total. The Kier molecular flexibility index (Phi) is 3.25. The standard InChI is InChI=1S/C16H13FN2O2/c1-10-8-12-14(13(17)9-10)19(16(21)15(12)20)7-5-11-4-2-3-6-18-11/h2-4,6,8-9H,5,7H2,1H3. The summed E-state index contributed by atoms with van der Waals surface area (Å²) in [6.07, 6.45) is 2.12. The third-order valence-electron chi connectivity index (χ3n) is 3.48. The number of nitrogens with zero attached hydrogens (tertiary/aromatic N) is 2. The fourth-order valence-corrected chi connectivity index (χ4v) is 2.51. The molecule has 2 heterocycles. The number of aromatic nitrogens is 1. The van der Waals surface area contributed by atoms with Gasteiger partial charge in [-0.3, -0.25) is 14.6 Å². The number of benzene rings is 1. The van der Waals surface area contributed by atoms with Crippen molar-refractivity contribution in [3.05, 3.63) is 59.2 Å². The molecule has 0 N–H and O–H groups in total. The summed E-state index contributed by atoms with van der Waals surface area (Å²) in [6.45, 7) is 1.92. The summed E-state index contributed by atoms with van der Waals surface area (Å²) in [4.78, 5) is 29.4. The predicted molar refractivity (Wildman–Crippen MR) is 75.8 cm³/mol. The topological polar surface area (TPSA) is 50.3 Å². The number of hydrogen-bond acceptors (Lipinski definition) is 3. The van der Waals surface area contributed by atoms with Crippen LogP contribution in [0, 0.1) is 12.7 Å². The Morgan fingerprint density at radius 3 is 2.76 bits per heavy atom. The number of halogens is 1. The minimum Gasteiger partial charge on any atom is -0.302 e. The predicted octanol–water partition coefficient (Wildman–Crippen LogP) is 2.30. The minimum absolute atomic E-state index is 0.0894. The number of anilines is 1. The molecule has 21 heavy (non-hydrogen) atoms. The van der Waals surface area contributed by atoms with E-state index in [9.17, 15) is 14.0 Å². The molecule has 0 bridgehead atoms. The Morgan fingerprint density at radius 1 is 1.24 bits per heavy atom. The van der Waals surface area contributed by atoms with Crippen LogP contribution in [0.1, 0.15) is 21.6 Å². The van der Waals surface area contributed by atoms with Crippen molar-refractivity contribution in [2.45, 2.75) is 13.3 Å². The van der Waals surface area contributed by atoms with Crippen molar-refractivity contribution in [3.8, 4) is 0 Å². The highest BCUT2D eigenvalue weighted by Crippen LogP contribution is 2.32. The molecular formula is C16H13FN2O2. The van der Waals surface area contributed by atoms with Crippen molar-refractivity contribution in [3.63, 3.8) is 0 Å². The molecule has 0 unspecified atom stereocenters. The van der Waals surface area contributed by atoms with E-state index in [-0.39, 0.29) is 17.8 Å². The Labute approximate surface area is 121 Å². The summed E-state index contributed by atoms with van der Waals surface area (Å²) >= 11 is 0. The lowest BCUT2D eigenvalue weighted by Crippen LogP contribution is -2.32. The van der Waals surface area contributed by atoms with Gasteiger partial charge in [0, 0.05) is 24.9 Å². The molecule has 3 rings (SSSR count). The van der Waals surface area contributed by atoms with E-state index in [0.717, 1.165) is 5.69 Å². The number of aryl methyl sites for hydroxylation is 1. The second-order valence-electron chi connectivity index (χ2n) is 5.00. The van der Waals surface area contributed by atoms with Gasteiger partial charge in [-0.2, -0.15) is 0 Å². The molecule has 106 valence electrons. The quantitative estimate of drug-likeness (QED) is 0.813. The van der Waals surface area contributed by atoms with Gasteiger partial charge in [0.05, 0.1) is 11.3 Å². The highest BCUT2D eigenvalue weighted by molar-refractivity contribution is 6.52. The number of fused-ring (bicyclic) bond motifs is 1. The van der Waals surface area contributed by atoms with Crippen LogP contribution in [0.15, 0.2) is 36.5 Å². The van der Waals surface area contributed by atoms with E-state index in [1.54, 1.807) is 25.3 Å². The number of carbonyl (C=O) groups is 2. The van der Waals surface area contributed by atoms with Gasteiger partial charge in [-0.15, -0.1) is 0 Å². The molecule has 0 aliphatic carbocycles. The van der Waals surface area contributed by atoms with Crippen molar-refractivity contribution in [1.82, 2.24) is 4.98 Å². The zero-order valence-electron chi connectivity index (χ0n) is 11.5. The molecule has 0 saturated heterocycles. The van der Waals surface area contributed by atoms with Gasteiger partial charge in [0.2, 0.25) is 0 Å². The van der Waals surface area contributed by atoms with Gasteiger partial charge in [-0.05, 0) is 36.8 Å². The van der Waals surface area contributed by atoms with E-state index in [1.807, 2.05) is 12.1 Å². The largest absolute Gasteiger partial charge is 0.302 e. The molecule has 5 heteroatoms. The van der Waals surface area contributed by atoms with E-state index in [0.29, 0.717) is 12.0 Å². The van der Waals surface area contributed by atoms with Crippen molar-refractivity contribution in [2.75, 3.05) is 11.4 Å². The summed E-state index contributed by atoms with van der Waals surface area (Å²) < 4.78 is 14.1. The first-order chi connectivity index (χ1) is 10.1. The first-order valence-electron chi connectivity index (χ1n) is 6.64. The maximum atomic E-state index is 14.1. The molecule has 0 spiro atoms. The minimum atomic E-state index is -0.676. The van der Waals surface area contributed by atoms with Crippen molar-refractivity contribution in [2.24, 2.45) is 0 Å². The summed E-state index contributed by atoms with van der Waals surface area (Å²) in [5.41, 5.74) is 1.66. The van der Waals surface area contributed by atoms with Gasteiger partial charge in [-0.1, -0.05) is 6.07 Å². The van der Waals surface area contributed by atoms with Crippen LogP contribution >= 0.6 is 0 Å². The Bertz CT molecular complexity index is 729. The van der Waals surface area contributed by atoms with Gasteiger partial charge >= 0.3 is 0 Å². The van der Waals surface area contributed by atoms with Gasteiger partial charge in [0.1, 0.15) is 5.82 Å². The molecule has 1 aromatic carbocycles. The van der Waals surface area contributed by atoms with E-state index >= 15 is 0 Å². The zero-order chi connectivity index (χ0) is 15.0. The van der Waals surface area contributed by atoms with Gasteiger partial charge in [-0.25, -0.2) is 4.39 Å². The summed E-state index contributed by atoms with van der Waals surface area (Å²) in [7, 11) is 0. The number of rotatable bonds is 3. The molecule has 2 aromatic rings. The van der Waals surface area contributed by atoms with Crippen LogP contribution in [-0.4, -0.2) is 23.2 Å². The molecule has 0 radical (unpaired) electrons. The molecule has 0 saturated carbocycles. The molecule has 0 fully saturated rings. The summed E-state index contributed by atoms with van der Waals surface area (Å²) in [6, 6.07) is 8.36. The average molecular weight is 284 g/mol. The molecular weight excluding hydrogens is 271 g/mol. The van der Waals surface area contributed by atoms with Gasteiger partial charge in [0.25, 0.3) is 11.7 Å². The number of hydrogen-bond donors (Lipinski definition) is 0. The lowest BCUT2D eigenvalue weighted by Gasteiger charge is -2.17. The molecule has 0 atom stereocenters. The van der Waals surface area contributed by atoms with Crippen LogP contribution in [0.25, 0.3) is 0 Å². The van der Waals surface area contributed by atoms with E-state index in [1.165, 1.54) is 11.0 Å². The Balaban J connectivity index is 1.91. The number of amides is 1. The average Bonchev–Trinajstić information content (AvgIpc) is 2.71. The van der Waals surface area contributed by atoms with E-state index in [2.05, 4.69) is 4.98 Å². The lowest BCUT2D eigenvalue weighted by molar-refractivity contribution is -0.114. The van der Waals surface area contributed by atoms with Crippen LogP contribution in [0.4, 0.5) is 10.1 Å². The third kappa shape index (κ3) is 2.31. The summed E-state index contributed by atoms with van der Waals surface area (Å²) in [5, 5.41) is 0. The number of carbonyl (C=O) groups excluding carboxylic acids is 2. The Morgan fingerprint density at radius 2 is 2.05 bits per heavy atom. The second kappa shape index (κ2) is 5.09. The number of ketones is 1. The molecule has 1 aromatic heterocycles. The van der Waals surface area contributed by atoms with E-state index in [4.69, 9.17) is 0 Å².